The summed E-state index contributed by atoms with van der Waals surface area (Å²) in [7, 11) is 0. The number of carbonyl (C=O) groups excluding carboxylic acids is 1. The number of aldehydes is 1. The molecule has 1 heterocycles. The maximum Gasteiger partial charge on any atom is 0.199 e. The van der Waals surface area contributed by atoms with Crippen LogP contribution in [0.25, 0.3) is 10.8 Å². The van der Waals surface area contributed by atoms with E-state index in [2.05, 4.69) is 36.4 Å². The number of nitrogens with zero attached hydrogens (tertiary/aromatic N) is 1. The van der Waals surface area contributed by atoms with Crippen molar-refractivity contribution in [2.24, 2.45) is 0 Å². The lowest BCUT2D eigenvalue weighted by atomic mass is 9.94. The van der Waals surface area contributed by atoms with Crippen LogP contribution in [0.5, 0.6) is 5.88 Å². The zero-order valence-electron chi connectivity index (χ0n) is 12.4. The van der Waals surface area contributed by atoms with E-state index >= 15 is 0 Å². The number of aromatic nitrogens is 1. The van der Waals surface area contributed by atoms with E-state index in [1.54, 1.807) is 6.07 Å². The summed E-state index contributed by atoms with van der Waals surface area (Å²) in [5, 5.41) is 12.3. The van der Waals surface area contributed by atoms with Gasteiger partial charge in [-0.05, 0) is 54.1 Å². The van der Waals surface area contributed by atoms with Crippen LogP contribution in [0.15, 0.2) is 48.7 Å². The fourth-order valence-corrected chi connectivity index (χ4v) is 3.54. The maximum atomic E-state index is 11.0. The van der Waals surface area contributed by atoms with Gasteiger partial charge >= 0.3 is 0 Å². The predicted octanol–water partition coefficient (Wildman–Crippen LogP) is 4.55. The van der Waals surface area contributed by atoms with E-state index in [-0.39, 0.29) is 5.88 Å². The summed E-state index contributed by atoms with van der Waals surface area (Å²) in [6, 6.07) is 13.6. The second-order valence-corrected chi connectivity index (χ2v) is 6.99. The van der Waals surface area contributed by atoms with Crippen molar-refractivity contribution >= 4 is 39.6 Å². The van der Waals surface area contributed by atoms with Crippen LogP contribution in [0.2, 0.25) is 0 Å². The molecule has 0 spiro atoms. The second kappa shape index (κ2) is 5.43. The van der Waals surface area contributed by atoms with Gasteiger partial charge < -0.3 is 9.67 Å². The molecule has 1 N–H and O–H groups in total. The zero-order valence-corrected chi connectivity index (χ0v) is 14.5. The number of benzene rings is 2. The van der Waals surface area contributed by atoms with Crippen molar-refractivity contribution in [1.29, 1.82) is 0 Å². The van der Waals surface area contributed by atoms with E-state index in [0.717, 1.165) is 20.8 Å². The van der Waals surface area contributed by atoms with Crippen molar-refractivity contribution in [1.82, 2.24) is 4.57 Å². The number of halogens is 1. The SMILES string of the molecule is CC(C)(c1ccccc1)n1cc2c(I)cc(C=O)cc2c1O. The Hall–Kier alpha value is -1.82. The van der Waals surface area contributed by atoms with E-state index in [0.29, 0.717) is 10.9 Å². The summed E-state index contributed by atoms with van der Waals surface area (Å²) in [6.45, 7) is 4.13. The monoisotopic (exact) mass is 405 g/mol. The molecule has 0 aliphatic rings. The Balaban J connectivity index is 2.26. The van der Waals surface area contributed by atoms with Crippen LogP contribution >= 0.6 is 22.6 Å². The molecule has 0 saturated carbocycles. The van der Waals surface area contributed by atoms with Crippen molar-refractivity contribution < 1.29 is 9.90 Å². The summed E-state index contributed by atoms with van der Waals surface area (Å²) < 4.78 is 2.82. The van der Waals surface area contributed by atoms with Gasteiger partial charge in [-0.1, -0.05) is 30.3 Å². The maximum absolute atomic E-state index is 11.0. The van der Waals surface area contributed by atoms with Crippen LogP contribution in [-0.4, -0.2) is 16.0 Å². The molecule has 4 heteroatoms. The van der Waals surface area contributed by atoms with Crippen LogP contribution in [0.1, 0.15) is 29.8 Å². The van der Waals surface area contributed by atoms with Gasteiger partial charge in [-0.25, -0.2) is 0 Å². The van der Waals surface area contributed by atoms with Gasteiger partial charge in [-0.2, -0.15) is 0 Å². The Bertz CT molecular complexity index is 850. The Morgan fingerprint density at radius 2 is 1.82 bits per heavy atom. The minimum absolute atomic E-state index is 0.186. The Morgan fingerprint density at radius 3 is 2.45 bits per heavy atom. The molecule has 22 heavy (non-hydrogen) atoms. The molecule has 112 valence electrons. The number of hydrogen-bond acceptors (Lipinski definition) is 2. The van der Waals surface area contributed by atoms with Crippen LogP contribution < -0.4 is 0 Å². The molecule has 0 fully saturated rings. The molecule has 0 amide bonds. The largest absolute Gasteiger partial charge is 0.494 e. The van der Waals surface area contributed by atoms with Gasteiger partial charge in [-0.3, -0.25) is 4.79 Å². The smallest absolute Gasteiger partial charge is 0.199 e. The first kappa shape index (κ1) is 15.1. The standard InChI is InChI=1S/C18H16INO2/c1-18(2,13-6-4-3-5-7-13)20-10-15-14(17(20)22)8-12(11-21)9-16(15)19/h3-11,22H,1-2H3. The van der Waals surface area contributed by atoms with Gasteiger partial charge in [0.1, 0.15) is 6.29 Å². The van der Waals surface area contributed by atoms with Crippen molar-refractivity contribution in [3.8, 4) is 5.88 Å². The highest BCUT2D eigenvalue weighted by molar-refractivity contribution is 14.1. The molecule has 0 saturated heterocycles. The van der Waals surface area contributed by atoms with Gasteiger partial charge in [0.25, 0.3) is 0 Å². The Kier molecular flexibility index (Phi) is 3.72. The highest BCUT2D eigenvalue weighted by Gasteiger charge is 2.26. The van der Waals surface area contributed by atoms with E-state index in [9.17, 15) is 9.90 Å². The first-order chi connectivity index (χ1) is 10.4. The third-order valence-electron chi connectivity index (χ3n) is 4.10. The van der Waals surface area contributed by atoms with Crippen LogP contribution in [0.4, 0.5) is 0 Å². The van der Waals surface area contributed by atoms with E-state index in [4.69, 9.17) is 0 Å². The predicted molar refractivity (Wildman–Crippen MR) is 96.6 cm³/mol. The quantitative estimate of drug-likeness (QED) is 0.513. The lowest BCUT2D eigenvalue weighted by Crippen LogP contribution is -2.26. The number of aromatic hydroxyl groups is 1. The third kappa shape index (κ3) is 2.31. The molecule has 0 bridgehead atoms. The van der Waals surface area contributed by atoms with Crippen molar-refractivity contribution in [2.45, 2.75) is 19.4 Å². The highest BCUT2D eigenvalue weighted by atomic mass is 127. The fourth-order valence-electron chi connectivity index (χ4n) is 2.75. The number of rotatable bonds is 3. The molecule has 0 unspecified atom stereocenters. The molecular weight excluding hydrogens is 389 g/mol. The first-order valence-electron chi connectivity index (χ1n) is 7.00. The highest BCUT2D eigenvalue weighted by Crippen LogP contribution is 2.38. The van der Waals surface area contributed by atoms with E-state index in [1.165, 1.54) is 0 Å². The minimum atomic E-state index is -0.394. The van der Waals surface area contributed by atoms with Crippen LogP contribution in [0.3, 0.4) is 0 Å². The Labute approximate surface area is 142 Å². The van der Waals surface area contributed by atoms with Gasteiger partial charge in [0.05, 0.1) is 5.54 Å². The average Bonchev–Trinajstić information content (AvgIpc) is 2.86. The molecule has 1 aromatic heterocycles. The number of hydrogen-bond donors (Lipinski definition) is 1. The normalized spacial score (nSPS) is 11.8. The van der Waals surface area contributed by atoms with Crippen molar-refractivity contribution in [3.63, 3.8) is 0 Å². The number of fused-ring (bicyclic) bond motifs is 1. The fraction of sp³-hybridized carbons (Fsp3) is 0.167. The summed E-state index contributed by atoms with van der Waals surface area (Å²) in [6.07, 6.45) is 2.76. The minimum Gasteiger partial charge on any atom is -0.494 e. The molecular formula is C18H16INO2. The second-order valence-electron chi connectivity index (χ2n) is 5.83. The van der Waals surface area contributed by atoms with Gasteiger partial charge in [0, 0.05) is 26.1 Å². The van der Waals surface area contributed by atoms with Crippen molar-refractivity contribution in [2.75, 3.05) is 0 Å². The molecule has 2 aromatic carbocycles. The van der Waals surface area contributed by atoms with Crippen LogP contribution in [0, 0.1) is 3.57 Å². The lowest BCUT2D eigenvalue weighted by Gasteiger charge is -2.28. The summed E-state index contributed by atoms with van der Waals surface area (Å²) in [5.74, 6) is 0.186. The van der Waals surface area contributed by atoms with Gasteiger partial charge in [0.15, 0.2) is 5.88 Å². The zero-order chi connectivity index (χ0) is 15.9. The van der Waals surface area contributed by atoms with E-state index < -0.39 is 5.54 Å². The molecule has 0 atom stereocenters. The molecule has 0 radical (unpaired) electrons. The molecule has 0 aliphatic heterocycles. The van der Waals surface area contributed by atoms with Gasteiger partial charge in [-0.15, -0.1) is 0 Å². The molecule has 3 nitrogen and oxygen atoms in total. The first-order valence-corrected chi connectivity index (χ1v) is 8.08. The molecule has 3 aromatic rings. The molecule has 0 aliphatic carbocycles. The number of carbonyl (C=O) groups is 1. The summed E-state index contributed by atoms with van der Waals surface area (Å²) >= 11 is 2.20. The lowest BCUT2D eigenvalue weighted by molar-refractivity contribution is 0.112. The van der Waals surface area contributed by atoms with Crippen LogP contribution in [-0.2, 0) is 5.54 Å². The van der Waals surface area contributed by atoms with Crippen molar-refractivity contribution in [3.05, 3.63) is 63.4 Å². The van der Waals surface area contributed by atoms with E-state index in [1.807, 2.05) is 47.2 Å². The average molecular weight is 405 g/mol. The summed E-state index contributed by atoms with van der Waals surface area (Å²) in [4.78, 5) is 11.0. The summed E-state index contributed by atoms with van der Waals surface area (Å²) in [5.41, 5.74) is 1.29. The van der Waals surface area contributed by atoms with Gasteiger partial charge in [0.2, 0.25) is 0 Å². The topological polar surface area (TPSA) is 42.2 Å². The Morgan fingerprint density at radius 1 is 1.14 bits per heavy atom. The third-order valence-corrected chi connectivity index (χ3v) is 4.99. The molecule has 3 rings (SSSR count).